The minimum Gasteiger partial charge on any atom is -0.541 e. The van der Waals surface area contributed by atoms with E-state index in [1.807, 2.05) is 0 Å². The second-order valence-corrected chi connectivity index (χ2v) is 41.3. The van der Waals surface area contributed by atoms with Crippen LogP contribution in [0.5, 0.6) is 23.0 Å². The van der Waals surface area contributed by atoms with Gasteiger partial charge >= 0.3 is 0 Å². The van der Waals surface area contributed by atoms with Gasteiger partial charge in [-0.3, -0.25) is 0 Å². The van der Waals surface area contributed by atoms with Crippen LogP contribution < -0.4 is 17.7 Å². The van der Waals surface area contributed by atoms with Crippen LogP contribution in [0.25, 0.3) is 0 Å². The summed E-state index contributed by atoms with van der Waals surface area (Å²) in [6.45, 7) is 49.6. The fourth-order valence-electron chi connectivity index (χ4n) is 4.99. The van der Waals surface area contributed by atoms with Crippen molar-refractivity contribution in [2.45, 2.75) is 169 Å². The Morgan fingerprint density at radius 2 is 0.466 bits per heavy atom. The molecule has 312 valence electrons. The van der Waals surface area contributed by atoms with Crippen LogP contribution in [0, 0.1) is 49.4 Å². The number of rotatable bonds is 8. The molecule has 58 heavy (non-hydrogen) atoms. The van der Waals surface area contributed by atoms with Crippen molar-refractivity contribution < 1.29 is 17.7 Å². The van der Waals surface area contributed by atoms with E-state index in [9.17, 15) is 0 Å². The first-order chi connectivity index (χ1) is 26.1. The van der Waals surface area contributed by atoms with Crippen LogP contribution >= 0.6 is 0 Å². The molecular formula is C50H72O4Si4. The zero-order valence-electron chi connectivity index (χ0n) is 40.1. The molecule has 0 N–H and O–H groups in total. The van der Waals surface area contributed by atoms with Crippen molar-refractivity contribution in [3.63, 3.8) is 0 Å². The van der Waals surface area contributed by atoms with Crippen molar-refractivity contribution in [3.05, 3.63) is 80.9 Å². The Morgan fingerprint density at radius 1 is 0.310 bits per heavy atom. The van der Waals surface area contributed by atoms with Crippen molar-refractivity contribution in [1.82, 2.24) is 0 Å². The lowest BCUT2D eigenvalue weighted by Crippen LogP contribution is -2.45. The maximum absolute atomic E-state index is 7.11. The Kier molecular flexibility index (Phi) is 12.8. The van der Waals surface area contributed by atoms with Gasteiger partial charge < -0.3 is 17.7 Å². The first-order valence-corrected chi connectivity index (χ1v) is 32.5. The molecule has 0 aliphatic heterocycles. The average Bonchev–Trinajstić information content (AvgIpc) is 3.02. The number of hydrogen-bond donors (Lipinski definition) is 0. The van der Waals surface area contributed by atoms with Crippen molar-refractivity contribution >= 4 is 33.3 Å². The van der Waals surface area contributed by atoms with E-state index in [1.165, 1.54) is 11.1 Å². The highest BCUT2D eigenvalue weighted by molar-refractivity contribution is 6.76. The summed E-state index contributed by atoms with van der Waals surface area (Å²) in [5.41, 5.74) is 7.22. The monoisotopic (exact) mass is 848 g/mol. The Morgan fingerprint density at radius 3 is 0.621 bits per heavy atom. The summed E-state index contributed by atoms with van der Waals surface area (Å²) in [7, 11) is -9.14. The van der Waals surface area contributed by atoms with Crippen LogP contribution in [-0.4, -0.2) is 33.3 Å². The van der Waals surface area contributed by atoms with Gasteiger partial charge in [0.25, 0.3) is 33.3 Å². The van der Waals surface area contributed by atoms with Crippen LogP contribution in [0.1, 0.15) is 128 Å². The van der Waals surface area contributed by atoms with E-state index in [0.29, 0.717) is 0 Å². The molecule has 3 aromatic carbocycles. The summed E-state index contributed by atoms with van der Waals surface area (Å²) in [5, 5.41) is -0.0809. The first kappa shape index (κ1) is 47.1. The van der Waals surface area contributed by atoms with Gasteiger partial charge in [-0.25, -0.2) is 0 Å². The summed E-state index contributed by atoms with van der Waals surface area (Å²) in [6, 6.07) is 12.6. The molecule has 8 heteroatoms. The van der Waals surface area contributed by atoms with E-state index in [0.717, 1.165) is 56.4 Å². The quantitative estimate of drug-likeness (QED) is 0.131. The van der Waals surface area contributed by atoms with Crippen LogP contribution in [-0.2, 0) is 0 Å². The SMILES string of the molecule is Cc1cc2c(cc1C)C#Cc1cc(O[Si](C)(C)C(C)(C)C)c(O[Si](C)(C)C(C)(C)C)cc1C#Cc1cc(O[Si](C)(C)C(C)(C)C)c(O[Si](C)(C)C(C)(C)C)cc1C#C2. The molecule has 0 unspecified atom stereocenters. The van der Waals surface area contributed by atoms with Crippen molar-refractivity contribution in [3.8, 4) is 58.5 Å². The second kappa shape index (κ2) is 15.8. The van der Waals surface area contributed by atoms with Gasteiger partial charge in [0.15, 0.2) is 0 Å². The standard InChI is InChI=1S/C50H72O4Si4/c1-35-29-37-23-25-39-31-43(51-55(15,16)47(3,4)5)45(53-57(19,20)49(9,10)11)33-41(39)27-28-42-34-46(54-58(21,22)50(12,13)14)44(52-56(17,18)48(6,7)8)32-40(42)26-24-38(37)30-36(35)2/h29-34H,1-22H3. The van der Waals surface area contributed by atoms with Crippen LogP contribution in [0.15, 0.2) is 36.4 Å². The summed E-state index contributed by atoms with van der Waals surface area (Å²) >= 11 is 0. The molecule has 4 nitrogen and oxygen atoms in total. The van der Waals surface area contributed by atoms with Gasteiger partial charge in [-0.2, -0.15) is 0 Å². The second-order valence-electron chi connectivity index (χ2n) is 22.4. The van der Waals surface area contributed by atoms with Gasteiger partial charge in [0.05, 0.1) is 0 Å². The molecule has 0 saturated heterocycles. The lowest BCUT2D eigenvalue weighted by Gasteiger charge is -2.40. The summed E-state index contributed by atoms with van der Waals surface area (Å²) in [6.07, 6.45) is 0. The highest BCUT2D eigenvalue weighted by Gasteiger charge is 2.44. The lowest BCUT2D eigenvalue weighted by molar-refractivity contribution is 0.440. The maximum Gasteiger partial charge on any atom is 0.250 e. The van der Waals surface area contributed by atoms with Crippen molar-refractivity contribution in [1.29, 1.82) is 0 Å². The fraction of sp³-hybridized carbons (Fsp3) is 0.520. The van der Waals surface area contributed by atoms with Gasteiger partial charge in [-0.15, -0.1) is 0 Å². The lowest BCUT2D eigenvalue weighted by atomic mass is 9.98. The Labute approximate surface area is 358 Å². The molecule has 1 aliphatic rings. The molecular weight excluding hydrogens is 777 g/mol. The minimum atomic E-state index is -2.29. The highest BCUT2D eigenvalue weighted by atomic mass is 28.4. The van der Waals surface area contributed by atoms with Crippen LogP contribution in [0.4, 0.5) is 0 Å². The number of benzene rings is 3. The van der Waals surface area contributed by atoms with Crippen LogP contribution in [0.2, 0.25) is 72.5 Å². The normalized spacial score (nSPS) is 13.7. The number of aryl methyl sites for hydroxylation is 2. The predicted octanol–water partition coefficient (Wildman–Crippen LogP) is 14.4. The molecule has 0 aromatic heterocycles. The fourth-order valence-corrected chi connectivity index (χ4v) is 9.05. The van der Waals surface area contributed by atoms with Gasteiger partial charge in [0.2, 0.25) is 0 Å². The average molecular weight is 849 g/mol. The first-order valence-electron chi connectivity index (χ1n) is 20.8. The third-order valence-corrected chi connectivity index (χ3v) is 30.9. The van der Waals surface area contributed by atoms with Gasteiger partial charge in [0.1, 0.15) is 23.0 Å². The predicted molar refractivity (Wildman–Crippen MR) is 258 cm³/mol. The van der Waals surface area contributed by atoms with E-state index in [-0.39, 0.29) is 20.2 Å². The van der Waals surface area contributed by atoms with Gasteiger partial charge in [-0.1, -0.05) is 119 Å². The Balaban J connectivity index is 2.16. The molecule has 0 atom stereocenters. The minimum absolute atomic E-state index is 0.0172. The third-order valence-electron chi connectivity index (χ3n) is 13.5. The van der Waals surface area contributed by atoms with E-state index >= 15 is 0 Å². The third kappa shape index (κ3) is 10.4. The van der Waals surface area contributed by atoms with Crippen molar-refractivity contribution in [2.75, 3.05) is 0 Å². The molecule has 4 rings (SSSR count). The smallest absolute Gasteiger partial charge is 0.250 e. The van der Waals surface area contributed by atoms with E-state index in [4.69, 9.17) is 17.7 Å². The molecule has 0 amide bonds. The van der Waals surface area contributed by atoms with E-state index in [2.05, 4.69) is 221 Å². The molecule has 0 radical (unpaired) electrons. The number of fused-ring (bicyclic) bond motifs is 3. The zero-order valence-corrected chi connectivity index (χ0v) is 44.1. The summed E-state index contributed by atoms with van der Waals surface area (Å²) in [5.74, 6) is 24.2. The van der Waals surface area contributed by atoms with Crippen LogP contribution in [0.3, 0.4) is 0 Å². The van der Waals surface area contributed by atoms with Gasteiger partial charge in [0, 0.05) is 33.4 Å². The molecule has 0 saturated carbocycles. The van der Waals surface area contributed by atoms with Gasteiger partial charge in [-0.05, 0) is 134 Å². The maximum atomic E-state index is 7.11. The Bertz CT molecular complexity index is 2110. The molecule has 3 aromatic rings. The highest BCUT2D eigenvalue weighted by Crippen LogP contribution is 2.46. The topological polar surface area (TPSA) is 36.9 Å². The largest absolute Gasteiger partial charge is 0.541 e. The van der Waals surface area contributed by atoms with E-state index < -0.39 is 33.3 Å². The number of hydrogen-bond acceptors (Lipinski definition) is 4. The summed E-state index contributed by atoms with van der Waals surface area (Å²) < 4.78 is 28.4. The molecule has 0 spiro atoms. The Hall–Kier alpha value is -3.59. The zero-order chi connectivity index (χ0) is 44.2. The molecule has 0 heterocycles. The summed E-state index contributed by atoms with van der Waals surface area (Å²) in [4.78, 5) is 0. The molecule has 0 fully saturated rings. The van der Waals surface area contributed by atoms with E-state index in [1.54, 1.807) is 0 Å². The molecule has 1 aliphatic carbocycles. The molecule has 0 bridgehead atoms. The van der Waals surface area contributed by atoms with Crippen molar-refractivity contribution in [2.24, 2.45) is 0 Å².